The van der Waals surface area contributed by atoms with Gasteiger partial charge in [0.2, 0.25) is 0 Å². The quantitative estimate of drug-likeness (QED) is 0.719. The molecule has 0 saturated carbocycles. The van der Waals surface area contributed by atoms with E-state index in [1.54, 1.807) is 0 Å². The third-order valence-electron chi connectivity index (χ3n) is 5.85. The maximum Gasteiger partial charge on any atom is 0.0757 e. The first-order chi connectivity index (χ1) is 12.9. The molecule has 144 valence electrons. The van der Waals surface area contributed by atoms with E-state index >= 15 is 0 Å². The number of aliphatic hydroxyl groups is 1. The van der Waals surface area contributed by atoms with E-state index in [9.17, 15) is 5.11 Å². The van der Waals surface area contributed by atoms with Gasteiger partial charge in [-0.05, 0) is 60.9 Å². The summed E-state index contributed by atoms with van der Waals surface area (Å²) in [6, 6.07) is 6.61. The summed E-state index contributed by atoms with van der Waals surface area (Å²) in [7, 11) is 0. The summed E-state index contributed by atoms with van der Waals surface area (Å²) < 4.78 is 0. The Morgan fingerprint density at radius 1 is 1.07 bits per heavy atom. The Balaban J connectivity index is 2.11. The minimum atomic E-state index is 0.214. The fourth-order valence-electron chi connectivity index (χ4n) is 4.13. The zero-order valence-corrected chi connectivity index (χ0v) is 17.5. The van der Waals surface area contributed by atoms with E-state index < -0.39 is 0 Å². The molecule has 0 amide bonds. The highest BCUT2D eigenvalue weighted by atomic mass is 16.3. The highest BCUT2D eigenvalue weighted by Gasteiger charge is 2.29. The molecule has 0 saturated heterocycles. The van der Waals surface area contributed by atoms with Crippen molar-refractivity contribution in [1.29, 1.82) is 0 Å². The summed E-state index contributed by atoms with van der Waals surface area (Å²) in [4.78, 5) is 10.0. The molecule has 1 aliphatic carbocycles. The van der Waals surface area contributed by atoms with Crippen molar-refractivity contribution in [1.82, 2.24) is 9.97 Å². The number of hydrogen-bond acceptors (Lipinski definition) is 3. The highest BCUT2D eigenvalue weighted by Crippen LogP contribution is 2.42. The second-order valence-corrected chi connectivity index (χ2v) is 8.06. The average Bonchev–Trinajstić information content (AvgIpc) is 2.97. The molecule has 2 aromatic rings. The van der Waals surface area contributed by atoms with Crippen LogP contribution in [0.25, 0.3) is 16.8 Å². The molecule has 3 rings (SSSR count). The number of nitrogens with zero attached hydrogens (tertiary/aromatic N) is 2. The third kappa shape index (κ3) is 3.58. The summed E-state index contributed by atoms with van der Waals surface area (Å²) in [5.41, 5.74) is 9.19. The van der Waals surface area contributed by atoms with Gasteiger partial charge in [-0.2, -0.15) is 0 Å². The molecule has 0 fully saturated rings. The van der Waals surface area contributed by atoms with Crippen molar-refractivity contribution >= 4 is 5.57 Å². The summed E-state index contributed by atoms with van der Waals surface area (Å²) in [5.74, 6) is 0.947. The van der Waals surface area contributed by atoms with Crippen LogP contribution in [0.3, 0.4) is 0 Å². The van der Waals surface area contributed by atoms with Gasteiger partial charge in [-0.3, -0.25) is 4.98 Å². The second kappa shape index (κ2) is 7.93. The van der Waals surface area contributed by atoms with Crippen molar-refractivity contribution in [2.75, 3.05) is 6.61 Å². The smallest absolute Gasteiger partial charge is 0.0757 e. The van der Waals surface area contributed by atoms with E-state index in [1.807, 2.05) is 0 Å². The lowest BCUT2D eigenvalue weighted by Gasteiger charge is -2.21. The molecule has 0 spiro atoms. The van der Waals surface area contributed by atoms with Gasteiger partial charge in [-0.25, -0.2) is 4.98 Å². The van der Waals surface area contributed by atoms with E-state index in [2.05, 4.69) is 65.8 Å². The maximum absolute atomic E-state index is 9.78. The molecule has 1 aliphatic rings. The SMILES string of the molecule is CCc1nc(C(C)C)ccc1-c1nc2c(cc1C)C([C@H](CC)CO)C=C2C. The number of hydrogen-bond donors (Lipinski definition) is 1. The Bertz CT molecular complexity index is 863. The Morgan fingerprint density at radius 2 is 1.81 bits per heavy atom. The van der Waals surface area contributed by atoms with Crippen LogP contribution in [0.4, 0.5) is 0 Å². The summed E-state index contributed by atoms with van der Waals surface area (Å²) in [6.45, 7) is 13.2. The van der Waals surface area contributed by atoms with Gasteiger partial charge in [0.05, 0.1) is 11.4 Å². The minimum absolute atomic E-state index is 0.214. The van der Waals surface area contributed by atoms with E-state index in [0.29, 0.717) is 5.92 Å². The van der Waals surface area contributed by atoms with E-state index in [4.69, 9.17) is 9.97 Å². The Morgan fingerprint density at radius 3 is 2.41 bits per heavy atom. The molecule has 3 heteroatoms. The Kier molecular flexibility index (Phi) is 5.81. The Labute approximate surface area is 163 Å². The van der Waals surface area contributed by atoms with Gasteiger partial charge < -0.3 is 5.11 Å². The van der Waals surface area contributed by atoms with Gasteiger partial charge in [0, 0.05) is 29.5 Å². The van der Waals surface area contributed by atoms with Crippen LogP contribution in [0.2, 0.25) is 0 Å². The summed E-state index contributed by atoms with van der Waals surface area (Å²) >= 11 is 0. The molecule has 2 atom stereocenters. The van der Waals surface area contributed by atoms with Crippen molar-refractivity contribution in [3.8, 4) is 11.3 Å². The molecule has 1 unspecified atom stereocenters. The molecule has 1 N–H and O–H groups in total. The molecule has 27 heavy (non-hydrogen) atoms. The van der Waals surface area contributed by atoms with Crippen molar-refractivity contribution < 1.29 is 5.11 Å². The molecular formula is C24H32N2O. The van der Waals surface area contributed by atoms with Crippen LogP contribution in [0, 0.1) is 12.8 Å². The summed E-state index contributed by atoms with van der Waals surface area (Å²) in [5, 5.41) is 9.78. The van der Waals surface area contributed by atoms with Gasteiger partial charge in [0.15, 0.2) is 0 Å². The van der Waals surface area contributed by atoms with Crippen LogP contribution in [-0.2, 0) is 6.42 Å². The van der Waals surface area contributed by atoms with Crippen molar-refractivity contribution in [2.45, 2.75) is 66.2 Å². The second-order valence-electron chi connectivity index (χ2n) is 8.06. The van der Waals surface area contributed by atoms with Crippen molar-refractivity contribution in [3.63, 3.8) is 0 Å². The predicted molar refractivity (Wildman–Crippen MR) is 113 cm³/mol. The van der Waals surface area contributed by atoms with Crippen molar-refractivity contribution in [3.05, 3.63) is 52.5 Å². The lowest BCUT2D eigenvalue weighted by Crippen LogP contribution is -2.14. The monoisotopic (exact) mass is 364 g/mol. The molecule has 0 bridgehead atoms. The standard InChI is InChI=1S/C24H32N2O/c1-7-17(13-27)19-11-15(5)24-20(19)12-16(6)23(26-24)18-9-10-22(14(3)4)25-21(18)8-2/h9-12,14,17,19,27H,7-8,13H2,1-6H3/t17-,19?/m1/s1. The van der Waals surface area contributed by atoms with Gasteiger partial charge in [0.1, 0.15) is 0 Å². The lowest BCUT2D eigenvalue weighted by molar-refractivity contribution is 0.212. The topological polar surface area (TPSA) is 46.0 Å². The van der Waals surface area contributed by atoms with Gasteiger partial charge in [0.25, 0.3) is 0 Å². The number of allylic oxidation sites excluding steroid dienone is 2. The molecule has 2 aromatic heterocycles. The first-order valence-corrected chi connectivity index (χ1v) is 10.2. The lowest BCUT2D eigenvalue weighted by atomic mass is 9.86. The number of pyridine rings is 2. The zero-order chi connectivity index (χ0) is 19.7. The number of aryl methyl sites for hydroxylation is 2. The fraction of sp³-hybridized carbons (Fsp3) is 0.500. The van der Waals surface area contributed by atoms with Crippen LogP contribution < -0.4 is 0 Å². The molecule has 0 aliphatic heterocycles. The molecule has 2 heterocycles. The first-order valence-electron chi connectivity index (χ1n) is 10.2. The molecule has 0 radical (unpaired) electrons. The largest absolute Gasteiger partial charge is 0.396 e. The number of aliphatic hydroxyl groups excluding tert-OH is 1. The Hall–Kier alpha value is -2.00. The first kappa shape index (κ1) is 19.8. The predicted octanol–water partition coefficient (Wildman–Crippen LogP) is 5.66. The molecule has 3 nitrogen and oxygen atoms in total. The van der Waals surface area contributed by atoms with Crippen LogP contribution >= 0.6 is 0 Å². The zero-order valence-electron chi connectivity index (χ0n) is 17.5. The van der Waals surface area contributed by atoms with Crippen molar-refractivity contribution in [2.24, 2.45) is 5.92 Å². The van der Waals surface area contributed by atoms with Crippen LogP contribution in [-0.4, -0.2) is 21.7 Å². The fourth-order valence-corrected chi connectivity index (χ4v) is 4.13. The highest BCUT2D eigenvalue weighted by molar-refractivity contribution is 5.75. The number of rotatable bonds is 6. The van der Waals surface area contributed by atoms with Crippen LogP contribution in [0.1, 0.15) is 81.1 Å². The van der Waals surface area contributed by atoms with Gasteiger partial charge >= 0.3 is 0 Å². The maximum atomic E-state index is 9.78. The van der Waals surface area contributed by atoms with Gasteiger partial charge in [-0.1, -0.05) is 46.3 Å². The molecular weight excluding hydrogens is 332 g/mol. The average molecular weight is 365 g/mol. The third-order valence-corrected chi connectivity index (χ3v) is 5.85. The van der Waals surface area contributed by atoms with E-state index in [-0.39, 0.29) is 18.4 Å². The van der Waals surface area contributed by atoms with Crippen LogP contribution in [0.5, 0.6) is 0 Å². The van der Waals surface area contributed by atoms with Crippen LogP contribution in [0.15, 0.2) is 24.3 Å². The van der Waals surface area contributed by atoms with E-state index in [1.165, 1.54) is 16.7 Å². The minimum Gasteiger partial charge on any atom is -0.396 e. The number of aromatic nitrogens is 2. The molecule has 0 aromatic carbocycles. The normalized spacial score (nSPS) is 17.2. The summed E-state index contributed by atoms with van der Waals surface area (Å²) in [6.07, 6.45) is 4.14. The van der Waals surface area contributed by atoms with Gasteiger partial charge in [-0.15, -0.1) is 0 Å². The number of fused-ring (bicyclic) bond motifs is 1. The van der Waals surface area contributed by atoms with E-state index in [0.717, 1.165) is 41.2 Å².